The van der Waals surface area contributed by atoms with Crippen molar-refractivity contribution in [3.8, 4) is 0 Å². The van der Waals surface area contributed by atoms with Crippen molar-refractivity contribution in [2.75, 3.05) is 0 Å². The van der Waals surface area contributed by atoms with Crippen LogP contribution in [0.5, 0.6) is 0 Å². The lowest BCUT2D eigenvalue weighted by Gasteiger charge is -2.21. The molecule has 1 nitrogen and oxygen atoms in total. The van der Waals surface area contributed by atoms with Gasteiger partial charge < -0.3 is 5.73 Å². The molecule has 3 unspecified atom stereocenters. The molecule has 0 aliphatic heterocycles. The van der Waals surface area contributed by atoms with Crippen LogP contribution in [0.2, 0.25) is 5.02 Å². The summed E-state index contributed by atoms with van der Waals surface area (Å²) in [5.74, 6) is -3.80. The van der Waals surface area contributed by atoms with Crippen molar-refractivity contribution in [1.82, 2.24) is 0 Å². The molecular formula is C13H13ClF5N. The second kappa shape index (κ2) is 5.48. The van der Waals surface area contributed by atoms with E-state index in [2.05, 4.69) is 0 Å². The molecule has 3 atom stereocenters. The Hall–Kier alpha value is -0.880. The summed E-state index contributed by atoms with van der Waals surface area (Å²) in [4.78, 5) is 0. The van der Waals surface area contributed by atoms with Gasteiger partial charge in [-0.15, -0.1) is 0 Å². The average Bonchev–Trinajstić information content (AvgIpc) is 2.85. The van der Waals surface area contributed by atoms with E-state index in [0.717, 1.165) is 12.1 Å². The summed E-state index contributed by atoms with van der Waals surface area (Å²) in [6.07, 6.45) is -4.15. The van der Waals surface area contributed by atoms with Crippen LogP contribution < -0.4 is 5.73 Å². The topological polar surface area (TPSA) is 26.0 Å². The molecule has 0 aromatic heterocycles. The van der Waals surface area contributed by atoms with E-state index in [1.165, 1.54) is 0 Å². The van der Waals surface area contributed by atoms with Crippen LogP contribution in [0.1, 0.15) is 30.9 Å². The fraction of sp³-hybridized carbons (Fsp3) is 0.538. The molecule has 0 amide bonds. The predicted molar refractivity (Wildman–Crippen MR) is 65.2 cm³/mol. The minimum Gasteiger partial charge on any atom is -0.324 e. The second-order valence-electron chi connectivity index (χ2n) is 5.10. The number of halogens is 6. The molecule has 7 heteroatoms. The molecule has 20 heavy (non-hydrogen) atoms. The van der Waals surface area contributed by atoms with Gasteiger partial charge in [0.05, 0.1) is 5.92 Å². The first-order valence-electron chi connectivity index (χ1n) is 6.17. The summed E-state index contributed by atoms with van der Waals surface area (Å²) in [6.45, 7) is 0. The highest BCUT2D eigenvalue weighted by Crippen LogP contribution is 2.45. The largest absolute Gasteiger partial charge is 0.391 e. The van der Waals surface area contributed by atoms with Crippen molar-refractivity contribution in [2.45, 2.75) is 31.5 Å². The molecule has 0 radical (unpaired) electrons. The Bertz CT molecular complexity index is 502. The molecule has 0 bridgehead atoms. The first-order chi connectivity index (χ1) is 9.21. The molecule has 1 aromatic carbocycles. The van der Waals surface area contributed by atoms with Gasteiger partial charge >= 0.3 is 6.18 Å². The SMILES string of the molecule is NC(c1ccc(F)c(Cl)c1F)C1CCC(C(F)(F)F)C1. The molecule has 0 heterocycles. The van der Waals surface area contributed by atoms with Crippen molar-refractivity contribution in [3.63, 3.8) is 0 Å². The molecule has 1 aromatic rings. The van der Waals surface area contributed by atoms with Gasteiger partial charge in [0.2, 0.25) is 0 Å². The maximum absolute atomic E-state index is 13.8. The van der Waals surface area contributed by atoms with Gasteiger partial charge in [0.15, 0.2) is 0 Å². The summed E-state index contributed by atoms with van der Waals surface area (Å²) >= 11 is 5.45. The van der Waals surface area contributed by atoms with Gasteiger partial charge in [0, 0.05) is 11.6 Å². The Kier molecular flexibility index (Phi) is 4.25. The van der Waals surface area contributed by atoms with Crippen LogP contribution in [-0.4, -0.2) is 6.18 Å². The monoisotopic (exact) mass is 313 g/mol. The number of nitrogens with two attached hydrogens (primary N) is 1. The third kappa shape index (κ3) is 2.91. The highest BCUT2D eigenvalue weighted by molar-refractivity contribution is 6.30. The summed E-state index contributed by atoms with van der Waals surface area (Å²) in [7, 11) is 0. The van der Waals surface area contributed by atoms with Crippen molar-refractivity contribution < 1.29 is 22.0 Å². The van der Waals surface area contributed by atoms with E-state index in [1.807, 2.05) is 0 Å². The van der Waals surface area contributed by atoms with Crippen LogP contribution in [-0.2, 0) is 0 Å². The maximum Gasteiger partial charge on any atom is 0.391 e. The fourth-order valence-corrected chi connectivity index (χ4v) is 2.86. The Labute approximate surface area is 117 Å². The van der Waals surface area contributed by atoms with Gasteiger partial charge in [0.1, 0.15) is 16.7 Å². The molecule has 1 saturated carbocycles. The van der Waals surface area contributed by atoms with Gasteiger partial charge in [-0.3, -0.25) is 0 Å². The van der Waals surface area contributed by atoms with Crippen molar-refractivity contribution >= 4 is 11.6 Å². The zero-order valence-corrected chi connectivity index (χ0v) is 11.1. The minimum absolute atomic E-state index is 0.0155. The van der Waals surface area contributed by atoms with E-state index in [4.69, 9.17) is 17.3 Å². The van der Waals surface area contributed by atoms with Crippen LogP contribution in [0.25, 0.3) is 0 Å². The first-order valence-corrected chi connectivity index (χ1v) is 6.55. The van der Waals surface area contributed by atoms with E-state index < -0.39 is 40.7 Å². The average molecular weight is 314 g/mol. The Morgan fingerprint density at radius 1 is 1.20 bits per heavy atom. The number of hydrogen-bond acceptors (Lipinski definition) is 1. The highest BCUT2D eigenvalue weighted by Gasteiger charge is 2.45. The van der Waals surface area contributed by atoms with Crippen LogP contribution >= 0.6 is 11.6 Å². The summed E-state index contributed by atoms with van der Waals surface area (Å²) in [5, 5.41) is -0.677. The minimum atomic E-state index is -4.26. The summed E-state index contributed by atoms with van der Waals surface area (Å²) in [6, 6.07) is 1.19. The van der Waals surface area contributed by atoms with E-state index in [-0.39, 0.29) is 24.8 Å². The van der Waals surface area contributed by atoms with Crippen LogP contribution in [0, 0.1) is 23.5 Å². The highest BCUT2D eigenvalue weighted by atomic mass is 35.5. The lowest BCUT2D eigenvalue weighted by atomic mass is 9.91. The molecular weight excluding hydrogens is 301 g/mol. The molecule has 0 saturated heterocycles. The molecule has 2 rings (SSSR count). The van der Waals surface area contributed by atoms with E-state index in [9.17, 15) is 22.0 Å². The van der Waals surface area contributed by atoms with Crippen molar-refractivity contribution in [2.24, 2.45) is 17.6 Å². The summed E-state index contributed by atoms with van der Waals surface area (Å²) < 4.78 is 64.7. The zero-order valence-electron chi connectivity index (χ0n) is 10.4. The van der Waals surface area contributed by atoms with Crippen molar-refractivity contribution in [3.05, 3.63) is 34.4 Å². The molecule has 0 spiro atoms. The van der Waals surface area contributed by atoms with Crippen LogP contribution in [0.15, 0.2) is 12.1 Å². The third-order valence-corrected chi connectivity index (χ3v) is 4.21. The standard InChI is InChI=1S/C13H13ClF5N/c14-10-9(15)4-3-8(11(10)16)12(20)6-1-2-7(5-6)13(17,18)19/h3-4,6-7,12H,1-2,5,20H2. The summed E-state index contributed by atoms with van der Waals surface area (Å²) in [5.41, 5.74) is 5.80. The predicted octanol–water partition coefficient (Wildman–Crippen LogP) is 4.60. The van der Waals surface area contributed by atoms with Gasteiger partial charge in [0.25, 0.3) is 0 Å². The number of benzene rings is 1. The van der Waals surface area contributed by atoms with Crippen LogP contribution in [0.3, 0.4) is 0 Å². The number of alkyl halides is 3. The van der Waals surface area contributed by atoms with Crippen LogP contribution in [0.4, 0.5) is 22.0 Å². The number of hydrogen-bond donors (Lipinski definition) is 1. The van der Waals surface area contributed by atoms with E-state index >= 15 is 0 Å². The normalized spacial score (nSPS) is 24.9. The zero-order chi connectivity index (χ0) is 15.1. The third-order valence-electron chi connectivity index (χ3n) is 3.87. The van der Waals surface area contributed by atoms with Gasteiger partial charge in [-0.1, -0.05) is 17.7 Å². The van der Waals surface area contributed by atoms with Gasteiger partial charge in [-0.2, -0.15) is 13.2 Å². The lowest BCUT2D eigenvalue weighted by molar-refractivity contribution is -0.173. The van der Waals surface area contributed by atoms with Crippen molar-refractivity contribution in [1.29, 1.82) is 0 Å². The van der Waals surface area contributed by atoms with E-state index in [1.54, 1.807) is 0 Å². The Balaban J connectivity index is 2.17. The lowest BCUT2D eigenvalue weighted by Crippen LogP contribution is -2.24. The van der Waals surface area contributed by atoms with E-state index in [0.29, 0.717) is 0 Å². The maximum atomic E-state index is 13.8. The Morgan fingerprint density at radius 3 is 2.40 bits per heavy atom. The quantitative estimate of drug-likeness (QED) is 0.627. The molecule has 2 N–H and O–H groups in total. The second-order valence-corrected chi connectivity index (χ2v) is 5.48. The fourth-order valence-electron chi connectivity index (χ4n) is 2.69. The smallest absolute Gasteiger partial charge is 0.324 e. The molecule has 1 aliphatic carbocycles. The Morgan fingerprint density at radius 2 is 1.85 bits per heavy atom. The molecule has 1 fully saturated rings. The van der Waals surface area contributed by atoms with Gasteiger partial charge in [-0.25, -0.2) is 8.78 Å². The molecule has 112 valence electrons. The molecule has 1 aliphatic rings. The van der Waals surface area contributed by atoms with Gasteiger partial charge in [-0.05, 0) is 31.2 Å². The number of rotatable bonds is 2. The first kappa shape index (κ1) is 15.5.